The first-order chi connectivity index (χ1) is 8.00. The van der Waals surface area contributed by atoms with Gasteiger partial charge in [0.1, 0.15) is 13.1 Å². The number of nitrogens with two attached hydrogens (primary N) is 2. The average molecular weight is 235 g/mol. The number of hydrogen-bond donors (Lipinski definition) is 2. The van der Waals surface area contributed by atoms with E-state index in [1.165, 1.54) is 0 Å². The highest BCUT2D eigenvalue weighted by Gasteiger charge is 2.18. The van der Waals surface area contributed by atoms with Gasteiger partial charge >= 0.3 is 0 Å². The summed E-state index contributed by atoms with van der Waals surface area (Å²) in [5, 5.41) is 0. The molecule has 0 heterocycles. The van der Waals surface area contributed by atoms with Crippen LogP contribution in [-0.4, -0.2) is 35.7 Å². The molecule has 6 nitrogen and oxygen atoms in total. The summed E-state index contributed by atoms with van der Waals surface area (Å²) in [5.41, 5.74) is 10.4. The molecule has 0 bridgehead atoms. The number of rotatable bonds is 5. The second-order valence-corrected chi connectivity index (χ2v) is 3.46. The number of hydrogen-bond acceptors (Lipinski definition) is 3. The van der Waals surface area contributed by atoms with Crippen molar-refractivity contribution in [2.45, 2.75) is 0 Å². The number of benzene rings is 1. The van der Waals surface area contributed by atoms with Gasteiger partial charge in [0.2, 0.25) is 11.8 Å². The smallest absolute Gasteiger partial charge is 0.254 e. The number of carbonyl (C=O) groups is 3. The van der Waals surface area contributed by atoms with Crippen LogP contribution in [0.2, 0.25) is 0 Å². The normalized spacial score (nSPS) is 9.65. The van der Waals surface area contributed by atoms with Gasteiger partial charge in [0.15, 0.2) is 0 Å². The Morgan fingerprint density at radius 2 is 1.41 bits per heavy atom. The molecule has 0 atom stereocenters. The largest absolute Gasteiger partial charge is 0.368 e. The van der Waals surface area contributed by atoms with Gasteiger partial charge in [0, 0.05) is 5.56 Å². The predicted molar refractivity (Wildman–Crippen MR) is 60.7 cm³/mol. The number of amides is 3. The van der Waals surface area contributed by atoms with E-state index in [9.17, 15) is 14.4 Å². The molecular weight excluding hydrogens is 222 g/mol. The summed E-state index contributed by atoms with van der Waals surface area (Å²) in [6.07, 6.45) is 0. The molecule has 0 radical (unpaired) electrons. The van der Waals surface area contributed by atoms with E-state index in [2.05, 4.69) is 0 Å². The Bertz CT molecular complexity index is 415. The molecule has 1 rings (SSSR count). The van der Waals surface area contributed by atoms with Crippen molar-refractivity contribution in [3.05, 3.63) is 35.9 Å². The third-order valence-electron chi connectivity index (χ3n) is 2.00. The summed E-state index contributed by atoms with van der Waals surface area (Å²) in [7, 11) is 0. The van der Waals surface area contributed by atoms with Gasteiger partial charge in [-0.05, 0) is 12.1 Å². The van der Waals surface area contributed by atoms with E-state index in [0.29, 0.717) is 5.56 Å². The third-order valence-corrected chi connectivity index (χ3v) is 2.00. The molecule has 0 aliphatic carbocycles. The van der Waals surface area contributed by atoms with Gasteiger partial charge in [-0.1, -0.05) is 18.2 Å². The third kappa shape index (κ3) is 3.94. The summed E-state index contributed by atoms with van der Waals surface area (Å²) < 4.78 is 0. The van der Waals surface area contributed by atoms with E-state index in [4.69, 9.17) is 11.5 Å². The van der Waals surface area contributed by atoms with Crippen LogP contribution in [-0.2, 0) is 9.59 Å². The number of nitrogens with zero attached hydrogens (tertiary/aromatic N) is 1. The Hall–Kier alpha value is -2.37. The standard InChI is InChI=1S/C11H13N3O3/c12-9(15)6-14(7-10(13)16)11(17)8-4-2-1-3-5-8/h1-5H,6-7H2,(H2,12,15)(H2,13,16). The fourth-order valence-electron chi connectivity index (χ4n) is 1.34. The topological polar surface area (TPSA) is 106 Å². The van der Waals surface area contributed by atoms with E-state index in [-0.39, 0.29) is 13.1 Å². The summed E-state index contributed by atoms with van der Waals surface area (Å²) >= 11 is 0. The lowest BCUT2D eigenvalue weighted by atomic mass is 10.2. The summed E-state index contributed by atoms with van der Waals surface area (Å²) in [6.45, 7) is -0.673. The molecule has 3 amide bonds. The van der Waals surface area contributed by atoms with Crippen LogP contribution in [0.5, 0.6) is 0 Å². The van der Waals surface area contributed by atoms with E-state index in [0.717, 1.165) is 4.90 Å². The van der Waals surface area contributed by atoms with Crippen molar-refractivity contribution in [1.82, 2.24) is 4.90 Å². The van der Waals surface area contributed by atoms with Gasteiger partial charge in [-0.3, -0.25) is 14.4 Å². The maximum Gasteiger partial charge on any atom is 0.254 e. The van der Waals surface area contributed by atoms with Crippen LogP contribution >= 0.6 is 0 Å². The Morgan fingerprint density at radius 3 is 1.82 bits per heavy atom. The molecule has 17 heavy (non-hydrogen) atoms. The predicted octanol–water partition coefficient (Wildman–Crippen LogP) is -0.901. The molecule has 90 valence electrons. The van der Waals surface area contributed by atoms with Crippen molar-refractivity contribution in [3.63, 3.8) is 0 Å². The number of primary amides is 2. The van der Waals surface area contributed by atoms with Crippen molar-refractivity contribution >= 4 is 17.7 Å². The minimum atomic E-state index is -0.699. The Balaban J connectivity index is 2.86. The highest BCUT2D eigenvalue weighted by atomic mass is 16.2. The lowest BCUT2D eigenvalue weighted by Gasteiger charge is -2.19. The van der Waals surface area contributed by atoms with Crippen molar-refractivity contribution < 1.29 is 14.4 Å². The van der Waals surface area contributed by atoms with Crippen molar-refractivity contribution in [2.24, 2.45) is 11.5 Å². The highest BCUT2D eigenvalue weighted by molar-refractivity contribution is 5.98. The summed E-state index contributed by atoms with van der Waals surface area (Å²) in [4.78, 5) is 34.5. The first-order valence-corrected chi connectivity index (χ1v) is 4.91. The van der Waals surface area contributed by atoms with Gasteiger partial charge in [0.05, 0.1) is 0 Å². The molecule has 0 spiro atoms. The van der Waals surface area contributed by atoms with Crippen molar-refractivity contribution in [1.29, 1.82) is 0 Å². The Kier molecular flexibility index (Phi) is 4.21. The highest BCUT2D eigenvalue weighted by Crippen LogP contribution is 2.04. The Morgan fingerprint density at radius 1 is 0.941 bits per heavy atom. The molecule has 6 heteroatoms. The molecular formula is C11H13N3O3. The van der Waals surface area contributed by atoms with Gasteiger partial charge < -0.3 is 16.4 Å². The SMILES string of the molecule is NC(=O)CN(CC(N)=O)C(=O)c1ccccc1. The molecule has 0 unspecified atom stereocenters. The fourth-order valence-corrected chi connectivity index (χ4v) is 1.34. The fraction of sp³-hybridized carbons (Fsp3) is 0.182. The first-order valence-electron chi connectivity index (χ1n) is 4.91. The summed E-state index contributed by atoms with van der Waals surface area (Å²) in [5.74, 6) is -1.85. The zero-order chi connectivity index (χ0) is 12.8. The van der Waals surface area contributed by atoms with Crippen LogP contribution in [0.4, 0.5) is 0 Å². The molecule has 1 aromatic carbocycles. The van der Waals surface area contributed by atoms with Crippen LogP contribution in [0.1, 0.15) is 10.4 Å². The minimum absolute atomic E-state index is 0.337. The molecule has 0 aliphatic rings. The molecule has 4 N–H and O–H groups in total. The summed E-state index contributed by atoms with van der Waals surface area (Å²) in [6, 6.07) is 8.28. The van der Waals surface area contributed by atoms with E-state index in [1.54, 1.807) is 30.3 Å². The van der Waals surface area contributed by atoms with Gasteiger partial charge in [0.25, 0.3) is 5.91 Å². The minimum Gasteiger partial charge on any atom is -0.368 e. The first kappa shape index (κ1) is 12.7. The zero-order valence-electron chi connectivity index (χ0n) is 9.13. The molecule has 1 aromatic rings. The van der Waals surface area contributed by atoms with Crippen molar-refractivity contribution in [2.75, 3.05) is 13.1 Å². The zero-order valence-corrected chi connectivity index (χ0v) is 9.13. The van der Waals surface area contributed by atoms with Crippen LogP contribution in [0.25, 0.3) is 0 Å². The second kappa shape index (κ2) is 5.64. The van der Waals surface area contributed by atoms with Crippen molar-refractivity contribution in [3.8, 4) is 0 Å². The van der Waals surface area contributed by atoms with Crippen LogP contribution in [0, 0.1) is 0 Å². The Labute approximate surface area is 98.2 Å². The van der Waals surface area contributed by atoms with Gasteiger partial charge in [-0.15, -0.1) is 0 Å². The lowest BCUT2D eigenvalue weighted by Crippen LogP contribution is -2.43. The molecule has 0 aliphatic heterocycles. The van der Waals surface area contributed by atoms with Crippen LogP contribution in [0.15, 0.2) is 30.3 Å². The maximum absolute atomic E-state index is 11.9. The van der Waals surface area contributed by atoms with Crippen LogP contribution < -0.4 is 11.5 Å². The average Bonchev–Trinajstić information content (AvgIpc) is 2.27. The van der Waals surface area contributed by atoms with Gasteiger partial charge in [-0.2, -0.15) is 0 Å². The molecule has 0 fully saturated rings. The van der Waals surface area contributed by atoms with E-state index >= 15 is 0 Å². The second-order valence-electron chi connectivity index (χ2n) is 3.46. The quantitative estimate of drug-likeness (QED) is 0.690. The molecule has 0 saturated heterocycles. The van der Waals surface area contributed by atoms with E-state index < -0.39 is 17.7 Å². The van der Waals surface area contributed by atoms with E-state index in [1.807, 2.05) is 0 Å². The molecule has 0 saturated carbocycles. The van der Waals surface area contributed by atoms with Crippen LogP contribution in [0.3, 0.4) is 0 Å². The van der Waals surface area contributed by atoms with Gasteiger partial charge in [-0.25, -0.2) is 0 Å². The molecule has 0 aromatic heterocycles. The lowest BCUT2D eigenvalue weighted by molar-refractivity contribution is -0.121. The monoisotopic (exact) mass is 235 g/mol. The number of carbonyl (C=O) groups excluding carboxylic acids is 3. The maximum atomic E-state index is 11.9.